The molecule has 0 aromatic carbocycles. The molecular formula is C18H31NS. The zero-order chi connectivity index (χ0) is 14.8. The number of thiophene rings is 1. The molecule has 0 saturated heterocycles. The molecule has 0 amide bonds. The van der Waals surface area contributed by atoms with Gasteiger partial charge in [-0.3, -0.25) is 0 Å². The molecule has 20 heavy (non-hydrogen) atoms. The van der Waals surface area contributed by atoms with E-state index in [9.17, 15) is 0 Å². The molecule has 0 radical (unpaired) electrons. The fourth-order valence-electron chi connectivity index (χ4n) is 4.00. The van der Waals surface area contributed by atoms with Gasteiger partial charge in [-0.15, -0.1) is 11.3 Å². The predicted molar refractivity (Wildman–Crippen MR) is 90.6 cm³/mol. The Morgan fingerprint density at radius 2 is 1.85 bits per heavy atom. The first-order chi connectivity index (χ1) is 9.42. The van der Waals surface area contributed by atoms with E-state index in [1.54, 1.807) is 0 Å². The third-order valence-corrected chi connectivity index (χ3v) is 5.82. The van der Waals surface area contributed by atoms with Crippen molar-refractivity contribution in [1.29, 1.82) is 0 Å². The van der Waals surface area contributed by atoms with Crippen LogP contribution in [0.5, 0.6) is 0 Å². The van der Waals surface area contributed by atoms with Gasteiger partial charge in [0.05, 0.1) is 0 Å². The van der Waals surface area contributed by atoms with Gasteiger partial charge >= 0.3 is 0 Å². The van der Waals surface area contributed by atoms with Crippen LogP contribution in [0.2, 0.25) is 0 Å². The molecule has 0 bridgehead atoms. The van der Waals surface area contributed by atoms with Gasteiger partial charge in [-0.25, -0.2) is 0 Å². The summed E-state index contributed by atoms with van der Waals surface area (Å²) in [6, 6.07) is 2.85. The Hall–Kier alpha value is -0.340. The third kappa shape index (κ3) is 3.85. The van der Waals surface area contributed by atoms with Crippen LogP contribution in [0.1, 0.15) is 74.2 Å². The summed E-state index contributed by atoms with van der Waals surface area (Å²) in [5.41, 5.74) is 2.08. The molecule has 1 aromatic rings. The second-order valence-corrected chi connectivity index (χ2v) is 8.74. The van der Waals surface area contributed by atoms with Crippen LogP contribution in [0, 0.1) is 25.2 Å². The minimum Gasteiger partial charge on any atom is -0.310 e. The number of nitrogens with one attached hydrogen (secondary N) is 1. The molecule has 1 unspecified atom stereocenters. The van der Waals surface area contributed by atoms with Crippen molar-refractivity contribution in [2.75, 3.05) is 6.54 Å². The van der Waals surface area contributed by atoms with E-state index in [1.165, 1.54) is 54.0 Å². The van der Waals surface area contributed by atoms with Crippen LogP contribution in [0.4, 0.5) is 0 Å². The lowest BCUT2D eigenvalue weighted by Gasteiger charge is -2.32. The third-order valence-electron chi connectivity index (χ3n) is 4.83. The fraction of sp³-hybridized carbons (Fsp3) is 0.778. The Morgan fingerprint density at radius 3 is 2.35 bits per heavy atom. The zero-order valence-electron chi connectivity index (χ0n) is 13.9. The van der Waals surface area contributed by atoms with Gasteiger partial charge in [0, 0.05) is 22.3 Å². The van der Waals surface area contributed by atoms with E-state index < -0.39 is 0 Å². The van der Waals surface area contributed by atoms with E-state index in [1.807, 2.05) is 11.3 Å². The van der Waals surface area contributed by atoms with Crippen molar-refractivity contribution in [3.8, 4) is 0 Å². The molecule has 1 aromatic heterocycles. The summed E-state index contributed by atoms with van der Waals surface area (Å²) in [5, 5.41) is 3.85. The minimum absolute atomic E-state index is 0.490. The SMILES string of the molecule is Cc1cc(C(C)NCC2(CC(C)C)CCCC2)c(C)s1. The molecule has 1 nitrogen and oxygen atoms in total. The van der Waals surface area contributed by atoms with Crippen molar-refractivity contribution in [2.45, 2.75) is 72.8 Å². The number of hydrogen-bond donors (Lipinski definition) is 1. The highest BCUT2D eigenvalue weighted by molar-refractivity contribution is 7.12. The van der Waals surface area contributed by atoms with Crippen molar-refractivity contribution in [1.82, 2.24) is 5.32 Å². The van der Waals surface area contributed by atoms with Crippen LogP contribution in [0.15, 0.2) is 6.07 Å². The van der Waals surface area contributed by atoms with Crippen molar-refractivity contribution in [2.24, 2.45) is 11.3 Å². The lowest BCUT2D eigenvalue weighted by Crippen LogP contribution is -2.34. The molecule has 0 spiro atoms. The Morgan fingerprint density at radius 1 is 1.20 bits per heavy atom. The lowest BCUT2D eigenvalue weighted by molar-refractivity contribution is 0.217. The van der Waals surface area contributed by atoms with Gasteiger partial charge in [-0.1, -0.05) is 26.7 Å². The summed E-state index contributed by atoms with van der Waals surface area (Å²) < 4.78 is 0. The Labute approximate surface area is 129 Å². The molecule has 0 aliphatic heterocycles. The molecule has 1 heterocycles. The second kappa shape index (κ2) is 6.62. The van der Waals surface area contributed by atoms with Gasteiger partial charge < -0.3 is 5.32 Å². The first-order valence-corrected chi connectivity index (χ1v) is 9.04. The number of hydrogen-bond acceptors (Lipinski definition) is 2. The standard InChI is InChI=1S/C18H31NS/c1-13(2)11-18(8-6-7-9-18)12-19-15(4)17-10-14(3)20-16(17)5/h10,13,15,19H,6-9,11-12H2,1-5H3. The maximum atomic E-state index is 3.85. The normalized spacial score (nSPS) is 19.7. The average Bonchev–Trinajstić information content (AvgIpc) is 2.93. The van der Waals surface area contributed by atoms with Crippen LogP contribution in [0.3, 0.4) is 0 Å². The van der Waals surface area contributed by atoms with E-state index >= 15 is 0 Å². The lowest BCUT2D eigenvalue weighted by atomic mass is 9.78. The van der Waals surface area contributed by atoms with Crippen molar-refractivity contribution < 1.29 is 0 Å². The maximum Gasteiger partial charge on any atom is 0.0303 e. The number of aryl methyl sites for hydroxylation is 2. The van der Waals surface area contributed by atoms with E-state index in [0.29, 0.717) is 11.5 Å². The molecule has 2 heteroatoms. The molecule has 1 N–H and O–H groups in total. The van der Waals surface area contributed by atoms with E-state index in [0.717, 1.165) is 5.92 Å². The second-order valence-electron chi connectivity index (χ2n) is 7.28. The summed E-state index contributed by atoms with van der Waals surface area (Å²) in [4.78, 5) is 2.91. The molecule has 1 atom stereocenters. The number of rotatable bonds is 6. The Bertz CT molecular complexity index is 427. The van der Waals surface area contributed by atoms with Crippen LogP contribution < -0.4 is 5.32 Å². The minimum atomic E-state index is 0.490. The predicted octanol–water partition coefficient (Wildman–Crippen LogP) is 5.62. The van der Waals surface area contributed by atoms with E-state index in [2.05, 4.69) is 46.0 Å². The largest absolute Gasteiger partial charge is 0.310 e. The molecule has 1 saturated carbocycles. The highest BCUT2D eigenvalue weighted by Gasteiger charge is 2.34. The van der Waals surface area contributed by atoms with Gasteiger partial charge in [0.2, 0.25) is 0 Å². The van der Waals surface area contributed by atoms with Gasteiger partial charge in [0.15, 0.2) is 0 Å². The fourth-order valence-corrected chi connectivity index (χ4v) is 5.03. The van der Waals surface area contributed by atoms with Crippen molar-refractivity contribution >= 4 is 11.3 Å². The van der Waals surface area contributed by atoms with Crippen molar-refractivity contribution in [3.63, 3.8) is 0 Å². The van der Waals surface area contributed by atoms with Crippen LogP contribution in [0.25, 0.3) is 0 Å². The van der Waals surface area contributed by atoms with Crippen LogP contribution in [-0.2, 0) is 0 Å². The molecular weight excluding hydrogens is 262 g/mol. The summed E-state index contributed by atoms with van der Waals surface area (Å²) in [6.45, 7) is 12.7. The molecule has 2 rings (SSSR count). The smallest absolute Gasteiger partial charge is 0.0303 e. The zero-order valence-corrected chi connectivity index (χ0v) is 14.7. The monoisotopic (exact) mass is 293 g/mol. The summed E-state index contributed by atoms with van der Waals surface area (Å²) in [6.07, 6.45) is 7.09. The van der Waals surface area contributed by atoms with Gasteiger partial charge in [0.25, 0.3) is 0 Å². The Kier molecular flexibility index (Phi) is 5.30. The highest BCUT2D eigenvalue weighted by Crippen LogP contribution is 2.43. The quantitative estimate of drug-likeness (QED) is 0.717. The molecule has 1 fully saturated rings. The summed E-state index contributed by atoms with van der Waals surface area (Å²) >= 11 is 1.93. The van der Waals surface area contributed by atoms with E-state index in [-0.39, 0.29) is 0 Å². The summed E-state index contributed by atoms with van der Waals surface area (Å²) in [7, 11) is 0. The molecule has 1 aliphatic rings. The molecule has 114 valence electrons. The Balaban J connectivity index is 1.97. The van der Waals surface area contributed by atoms with E-state index in [4.69, 9.17) is 0 Å². The molecule has 1 aliphatic carbocycles. The topological polar surface area (TPSA) is 12.0 Å². The first kappa shape index (κ1) is 16.0. The van der Waals surface area contributed by atoms with Gasteiger partial charge in [0.1, 0.15) is 0 Å². The maximum absolute atomic E-state index is 3.85. The van der Waals surface area contributed by atoms with Crippen LogP contribution >= 0.6 is 11.3 Å². The highest BCUT2D eigenvalue weighted by atomic mass is 32.1. The van der Waals surface area contributed by atoms with Gasteiger partial charge in [-0.05, 0) is 63.0 Å². The van der Waals surface area contributed by atoms with Crippen LogP contribution in [-0.4, -0.2) is 6.54 Å². The van der Waals surface area contributed by atoms with Crippen molar-refractivity contribution in [3.05, 3.63) is 21.4 Å². The average molecular weight is 294 g/mol. The van der Waals surface area contributed by atoms with Gasteiger partial charge in [-0.2, -0.15) is 0 Å². The first-order valence-electron chi connectivity index (χ1n) is 8.22. The summed E-state index contributed by atoms with van der Waals surface area (Å²) in [5.74, 6) is 0.815.